The lowest BCUT2D eigenvalue weighted by Gasteiger charge is -2.08. The molecular formula is C19H22Cl2N4OS. The smallest absolute Gasteiger partial charge is 0.261 e. The number of fused-ring (bicyclic) bond motifs is 1. The molecule has 8 heteroatoms. The second kappa shape index (κ2) is 8.61. The van der Waals surface area contributed by atoms with Crippen LogP contribution >= 0.6 is 35.3 Å². The van der Waals surface area contributed by atoms with Crippen LogP contribution in [0.1, 0.15) is 28.2 Å². The molecule has 1 amide bonds. The van der Waals surface area contributed by atoms with E-state index in [4.69, 9.17) is 11.6 Å². The molecule has 1 aliphatic rings. The van der Waals surface area contributed by atoms with Crippen LogP contribution < -0.4 is 10.6 Å². The molecule has 0 bridgehead atoms. The van der Waals surface area contributed by atoms with Crippen LogP contribution in [0.3, 0.4) is 0 Å². The SMILES string of the molecule is Cc1nn(-c2ccc(Cl)cc2)c2sc(C(=O)NCCC3CCNC3)cc12.Cl. The first-order valence-corrected chi connectivity index (χ1v) is 10.1. The van der Waals surface area contributed by atoms with Crippen LogP contribution in [0.5, 0.6) is 0 Å². The highest BCUT2D eigenvalue weighted by Crippen LogP contribution is 2.30. The van der Waals surface area contributed by atoms with E-state index in [1.54, 1.807) is 0 Å². The summed E-state index contributed by atoms with van der Waals surface area (Å²) < 4.78 is 1.88. The average molecular weight is 425 g/mol. The van der Waals surface area contributed by atoms with Crippen molar-refractivity contribution in [3.8, 4) is 5.69 Å². The molecule has 3 heterocycles. The Morgan fingerprint density at radius 2 is 2.19 bits per heavy atom. The molecule has 0 spiro atoms. The van der Waals surface area contributed by atoms with Gasteiger partial charge in [-0.25, -0.2) is 4.68 Å². The molecule has 3 aromatic rings. The van der Waals surface area contributed by atoms with Crippen LogP contribution in [0.15, 0.2) is 30.3 Å². The number of hydrogen-bond donors (Lipinski definition) is 2. The van der Waals surface area contributed by atoms with Gasteiger partial charge in [-0.2, -0.15) is 5.10 Å². The van der Waals surface area contributed by atoms with Crippen molar-refractivity contribution in [3.63, 3.8) is 0 Å². The maximum absolute atomic E-state index is 12.5. The predicted molar refractivity (Wildman–Crippen MR) is 114 cm³/mol. The Bertz CT molecular complexity index is 929. The van der Waals surface area contributed by atoms with Gasteiger partial charge in [0, 0.05) is 17.0 Å². The lowest BCUT2D eigenvalue weighted by Crippen LogP contribution is -2.25. The first-order chi connectivity index (χ1) is 12.6. The quantitative estimate of drug-likeness (QED) is 0.644. The summed E-state index contributed by atoms with van der Waals surface area (Å²) in [5.41, 5.74) is 1.86. The molecule has 0 aliphatic carbocycles. The van der Waals surface area contributed by atoms with E-state index in [1.165, 1.54) is 17.8 Å². The first kappa shape index (κ1) is 20.1. The Balaban J connectivity index is 0.00000210. The van der Waals surface area contributed by atoms with Gasteiger partial charge in [0.15, 0.2) is 0 Å². The monoisotopic (exact) mass is 424 g/mol. The van der Waals surface area contributed by atoms with Gasteiger partial charge in [-0.15, -0.1) is 23.7 Å². The third-order valence-electron chi connectivity index (χ3n) is 4.84. The largest absolute Gasteiger partial charge is 0.351 e. The lowest BCUT2D eigenvalue weighted by molar-refractivity contribution is 0.0956. The van der Waals surface area contributed by atoms with Gasteiger partial charge in [-0.3, -0.25) is 4.79 Å². The summed E-state index contributed by atoms with van der Waals surface area (Å²) in [6.07, 6.45) is 2.23. The number of halogens is 2. The molecule has 1 atom stereocenters. The summed E-state index contributed by atoms with van der Waals surface area (Å²) in [6.45, 7) is 4.85. The molecule has 4 rings (SSSR count). The van der Waals surface area contributed by atoms with Crippen molar-refractivity contribution in [2.45, 2.75) is 19.8 Å². The van der Waals surface area contributed by atoms with Crippen molar-refractivity contribution < 1.29 is 4.79 Å². The van der Waals surface area contributed by atoms with Gasteiger partial charge in [0.05, 0.1) is 16.3 Å². The zero-order valence-electron chi connectivity index (χ0n) is 15.0. The maximum Gasteiger partial charge on any atom is 0.261 e. The third-order valence-corrected chi connectivity index (χ3v) is 6.20. The van der Waals surface area contributed by atoms with Crippen LogP contribution in [0.4, 0.5) is 0 Å². The molecule has 2 aromatic heterocycles. The molecule has 0 saturated carbocycles. The Labute approximate surface area is 173 Å². The number of nitrogens with one attached hydrogen (secondary N) is 2. The van der Waals surface area contributed by atoms with E-state index in [2.05, 4.69) is 15.7 Å². The number of thiophene rings is 1. The minimum Gasteiger partial charge on any atom is -0.351 e. The van der Waals surface area contributed by atoms with E-state index < -0.39 is 0 Å². The molecule has 1 unspecified atom stereocenters. The van der Waals surface area contributed by atoms with Crippen molar-refractivity contribution in [3.05, 3.63) is 45.9 Å². The van der Waals surface area contributed by atoms with Crippen molar-refractivity contribution in [2.24, 2.45) is 5.92 Å². The van der Waals surface area contributed by atoms with Crippen LogP contribution in [0.2, 0.25) is 5.02 Å². The number of hydrogen-bond acceptors (Lipinski definition) is 4. The zero-order chi connectivity index (χ0) is 18.1. The fraction of sp³-hybridized carbons (Fsp3) is 0.368. The first-order valence-electron chi connectivity index (χ1n) is 8.86. The standard InChI is InChI=1S/C19H21ClN4OS.ClH/c1-12-16-10-17(18(25)22-9-7-13-6-8-21-11-13)26-19(16)24(23-12)15-4-2-14(20)3-5-15;/h2-5,10,13,21H,6-9,11H2,1H3,(H,22,25);1H. The minimum atomic E-state index is -0.000729. The van der Waals surface area contributed by atoms with E-state index in [0.717, 1.165) is 52.5 Å². The molecule has 2 N–H and O–H groups in total. The number of carbonyl (C=O) groups excluding carboxylic acids is 1. The maximum atomic E-state index is 12.5. The Morgan fingerprint density at radius 3 is 2.89 bits per heavy atom. The van der Waals surface area contributed by atoms with Gasteiger partial charge in [0.25, 0.3) is 5.91 Å². The van der Waals surface area contributed by atoms with E-state index in [9.17, 15) is 4.79 Å². The predicted octanol–water partition coefficient (Wildman–Crippen LogP) is 4.20. The number of nitrogens with zero attached hydrogens (tertiary/aromatic N) is 2. The number of amides is 1. The van der Waals surface area contributed by atoms with E-state index in [-0.39, 0.29) is 18.3 Å². The minimum absolute atomic E-state index is 0. The fourth-order valence-electron chi connectivity index (χ4n) is 3.35. The van der Waals surface area contributed by atoms with Gasteiger partial charge >= 0.3 is 0 Å². The zero-order valence-corrected chi connectivity index (χ0v) is 17.4. The second-order valence-corrected chi connectivity index (χ2v) is 8.17. The van der Waals surface area contributed by atoms with Crippen molar-refractivity contribution in [1.82, 2.24) is 20.4 Å². The van der Waals surface area contributed by atoms with Crippen LogP contribution in [-0.4, -0.2) is 35.3 Å². The number of benzene rings is 1. The van der Waals surface area contributed by atoms with Crippen molar-refractivity contribution in [2.75, 3.05) is 19.6 Å². The number of aromatic nitrogens is 2. The number of rotatable bonds is 5. The van der Waals surface area contributed by atoms with E-state index in [1.807, 2.05) is 41.9 Å². The average Bonchev–Trinajstić information content (AvgIpc) is 3.34. The summed E-state index contributed by atoms with van der Waals surface area (Å²) in [5, 5.41) is 12.7. The van der Waals surface area contributed by atoms with Crippen molar-refractivity contribution >= 4 is 51.5 Å². The summed E-state index contributed by atoms with van der Waals surface area (Å²) >= 11 is 7.46. The number of aryl methyl sites for hydroxylation is 1. The molecule has 27 heavy (non-hydrogen) atoms. The molecule has 1 aromatic carbocycles. The third kappa shape index (κ3) is 4.29. The Hall–Kier alpha value is -1.60. The van der Waals surface area contributed by atoms with Crippen LogP contribution in [-0.2, 0) is 0 Å². The molecule has 1 aliphatic heterocycles. The lowest BCUT2D eigenvalue weighted by atomic mass is 10.1. The van der Waals surface area contributed by atoms with Gasteiger partial charge in [0.1, 0.15) is 4.83 Å². The molecule has 1 fully saturated rings. The molecule has 1 saturated heterocycles. The van der Waals surface area contributed by atoms with Crippen LogP contribution in [0, 0.1) is 12.8 Å². The highest BCUT2D eigenvalue weighted by atomic mass is 35.5. The van der Waals surface area contributed by atoms with E-state index >= 15 is 0 Å². The Kier molecular flexibility index (Phi) is 6.42. The summed E-state index contributed by atoms with van der Waals surface area (Å²) in [4.78, 5) is 14.2. The molecule has 5 nitrogen and oxygen atoms in total. The molecule has 144 valence electrons. The molecule has 0 radical (unpaired) electrons. The highest BCUT2D eigenvalue weighted by Gasteiger charge is 2.18. The van der Waals surface area contributed by atoms with Crippen LogP contribution in [0.25, 0.3) is 15.9 Å². The summed E-state index contributed by atoms with van der Waals surface area (Å²) in [6, 6.07) is 9.51. The fourth-order valence-corrected chi connectivity index (χ4v) is 4.58. The van der Waals surface area contributed by atoms with Gasteiger partial charge in [-0.05, 0) is 69.1 Å². The van der Waals surface area contributed by atoms with Gasteiger partial charge < -0.3 is 10.6 Å². The highest BCUT2D eigenvalue weighted by molar-refractivity contribution is 7.20. The van der Waals surface area contributed by atoms with Gasteiger partial charge in [-0.1, -0.05) is 11.6 Å². The molecular weight excluding hydrogens is 403 g/mol. The Morgan fingerprint density at radius 1 is 1.41 bits per heavy atom. The summed E-state index contributed by atoms with van der Waals surface area (Å²) in [5.74, 6) is 0.678. The summed E-state index contributed by atoms with van der Waals surface area (Å²) in [7, 11) is 0. The number of carbonyl (C=O) groups is 1. The van der Waals surface area contributed by atoms with Gasteiger partial charge in [0.2, 0.25) is 0 Å². The topological polar surface area (TPSA) is 59.0 Å². The van der Waals surface area contributed by atoms with E-state index in [0.29, 0.717) is 10.9 Å². The normalized spacial score (nSPS) is 16.4. The van der Waals surface area contributed by atoms with Crippen molar-refractivity contribution in [1.29, 1.82) is 0 Å². The second-order valence-electron chi connectivity index (χ2n) is 6.71.